The van der Waals surface area contributed by atoms with Gasteiger partial charge in [0.2, 0.25) is 0 Å². The molecule has 3 aromatic heterocycles. The van der Waals surface area contributed by atoms with Crippen LogP contribution in [0.3, 0.4) is 0 Å². The first-order valence-electron chi connectivity index (χ1n) is 13.7. The maximum atomic E-state index is 12.0. The van der Waals surface area contributed by atoms with Crippen LogP contribution >= 0.6 is 7.60 Å². The first-order valence-corrected chi connectivity index (χ1v) is 15.5. The second-order valence-electron chi connectivity index (χ2n) is 10.6. The number of aromatic nitrogens is 5. The second-order valence-corrected chi connectivity index (χ2v) is 12.2. The van der Waals surface area contributed by atoms with E-state index in [9.17, 15) is 24.3 Å². The van der Waals surface area contributed by atoms with E-state index < -0.39 is 13.6 Å². The van der Waals surface area contributed by atoms with Crippen LogP contribution in [0.25, 0.3) is 11.4 Å². The summed E-state index contributed by atoms with van der Waals surface area (Å²) in [6.45, 7) is 5.57. The molecule has 1 fully saturated rings. The average molecular weight is 586 g/mol. The molecule has 0 aliphatic carbocycles. The molecule has 0 aromatic carbocycles. The number of pyridine rings is 2. The molecule has 2 atom stereocenters. The van der Waals surface area contributed by atoms with Crippen molar-refractivity contribution in [2.75, 3.05) is 65.2 Å². The van der Waals surface area contributed by atoms with Gasteiger partial charge in [-0.05, 0) is 24.3 Å². The first kappa shape index (κ1) is 29.4. The molecule has 6 rings (SSSR count). The fraction of sp³-hybridized carbons (Fsp3) is 0.500. The molecule has 15 heteroatoms. The lowest BCUT2D eigenvalue weighted by Gasteiger charge is -2.34. The zero-order valence-electron chi connectivity index (χ0n) is 22.9. The quantitative estimate of drug-likeness (QED) is 0.357. The summed E-state index contributed by atoms with van der Waals surface area (Å²) in [5, 5.41) is 18.0. The second kappa shape index (κ2) is 13.3. The van der Waals surface area contributed by atoms with Crippen molar-refractivity contribution in [2.45, 2.75) is 19.6 Å². The molecule has 3 N–H and O–H groups in total. The van der Waals surface area contributed by atoms with Gasteiger partial charge in [-0.2, -0.15) is 0 Å². The van der Waals surface area contributed by atoms with Crippen molar-refractivity contribution in [3.63, 3.8) is 0 Å². The summed E-state index contributed by atoms with van der Waals surface area (Å²) in [6, 6.07) is 11.6. The summed E-state index contributed by atoms with van der Waals surface area (Å²) in [5.74, 6) is -0.876. The van der Waals surface area contributed by atoms with E-state index in [0.29, 0.717) is 72.0 Å². The summed E-state index contributed by atoms with van der Waals surface area (Å²) in [5.41, 5.74) is 3.98. The normalized spacial score (nSPS) is 21.6. The van der Waals surface area contributed by atoms with E-state index in [1.165, 1.54) is 0 Å². The van der Waals surface area contributed by atoms with Crippen LogP contribution in [0.5, 0.6) is 0 Å². The molecule has 0 amide bonds. The molecular formula is C26H36N9O5P. The molecule has 6 bridgehead atoms. The molecule has 0 spiro atoms. The Morgan fingerprint density at radius 1 is 0.780 bits per heavy atom. The van der Waals surface area contributed by atoms with Crippen LogP contribution in [0, 0.1) is 0 Å². The Kier molecular flexibility index (Phi) is 9.50. The van der Waals surface area contributed by atoms with Gasteiger partial charge in [0, 0.05) is 65.4 Å². The predicted molar refractivity (Wildman–Crippen MR) is 150 cm³/mol. The molecule has 2 unspecified atom stereocenters. The fourth-order valence-corrected chi connectivity index (χ4v) is 6.05. The van der Waals surface area contributed by atoms with Gasteiger partial charge in [0.15, 0.2) is 0 Å². The van der Waals surface area contributed by atoms with Gasteiger partial charge < -0.3 is 14.9 Å². The molecule has 41 heavy (non-hydrogen) atoms. The minimum absolute atomic E-state index is 0.0650. The van der Waals surface area contributed by atoms with Crippen LogP contribution in [-0.4, -0.2) is 131 Å². The average Bonchev–Trinajstić information content (AvgIpc) is 3.37. The summed E-state index contributed by atoms with van der Waals surface area (Å²) in [7, 11) is -4.27. The number of carboxylic acid groups (broad SMARTS) is 1. The Hall–Kier alpha value is -3.10. The summed E-state index contributed by atoms with van der Waals surface area (Å²) >= 11 is 0. The number of carboxylic acids is 1. The van der Waals surface area contributed by atoms with Crippen molar-refractivity contribution in [3.8, 4) is 11.4 Å². The monoisotopic (exact) mass is 585 g/mol. The third-order valence-corrected chi connectivity index (χ3v) is 8.08. The Morgan fingerprint density at radius 2 is 1.34 bits per heavy atom. The van der Waals surface area contributed by atoms with E-state index in [1.54, 1.807) is 10.9 Å². The third-order valence-electron chi connectivity index (χ3n) is 7.31. The van der Waals surface area contributed by atoms with Crippen molar-refractivity contribution in [1.29, 1.82) is 0 Å². The SMILES string of the molecule is O=C(O)CN1CCN2CCN(CP(=O)(O)O)CCN(CC1)Cc1cccc(n1)-c1cnnn1Cc1cccc(n1)C2. The topological polar surface area (TPSA) is 164 Å². The van der Waals surface area contributed by atoms with E-state index in [4.69, 9.17) is 9.97 Å². The lowest BCUT2D eigenvalue weighted by Crippen LogP contribution is -2.46. The number of rotatable bonds is 4. The van der Waals surface area contributed by atoms with E-state index in [1.807, 2.05) is 46.2 Å². The Labute approximate surface area is 238 Å². The number of aliphatic carboxylic acids is 1. The minimum Gasteiger partial charge on any atom is -0.480 e. The van der Waals surface area contributed by atoms with E-state index >= 15 is 0 Å². The zero-order chi connectivity index (χ0) is 28.8. The number of nitrogens with zero attached hydrogens (tertiary/aromatic N) is 9. The first-order chi connectivity index (χ1) is 19.7. The Bertz CT molecular complexity index is 1380. The highest BCUT2D eigenvalue weighted by atomic mass is 31.2. The van der Waals surface area contributed by atoms with E-state index in [0.717, 1.165) is 28.5 Å². The van der Waals surface area contributed by atoms with Crippen LogP contribution in [-0.2, 0) is 29.0 Å². The molecule has 0 saturated carbocycles. The van der Waals surface area contributed by atoms with Crippen LogP contribution in [0.1, 0.15) is 17.1 Å². The fourth-order valence-electron chi connectivity index (χ4n) is 5.25. The number of fused-ring (bicyclic) bond motifs is 8. The van der Waals surface area contributed by atoms with Crippen LogP contribution < -0.4 is 0 Å². The zero-order valence-corrected chi connectivity index (χ0v) is 23.8. The maximum absolute atomic E-state index is 12.0. The predicted octanol–water partition coefficient (Wildman–Crippen LogP) is 0.238. The minimum atomic E-state index is -4.27. The number of carbonyl (C=O) groups is 1. The molecule has 6 heterocycles. The Balaban J connectivity index is 1.54. The number of hydrogen-bond acceptors (Lipinski definition) is 10. The Morgan fingerprint density at radius 3 is 1.95 bits per heavy atom. The highest BCUT2D eigenvalue weighted by Crippen LogP contribution is 2.35. The van der Waals surface area contributed by atoms with Crippen molar-refractivity contribution in [2.24, 2.45) is 0 Å². The lowest BCUT2D eigenvalue weighted by atomic mass is 10.2. The highest BCUT2D eigenvalue weighted by molar-refractivity contribution is 7.51. The third kappa shape index (κ3) is 8.69. The maximum Gasteiger partial charge on any atom is 0.339 e. The molecule has 220 valence electrons. The van der Waals surface area contributed by atoms with Gasteiger partial charge in [-0.25, -0.2) is 9.67 Å². The molecular weight excluding hydrogens is 549 g/mol. The summed E-state index contributed by atoms with van der Waals surface area (Å²) < 4.78 is 13.8. The van der Waals surface area contributed by atoms with E-state index in [2.05, 4.69) is 20.1 Å². The van der Waals surface area contributed by atoms with Gasteiger partial charge in [0.1, 0.15) is 12.0 Å². The van der Waals surface area contributed by atoms with Gasteiger partial charge >= 0.3 is 13.6 Å². The molecule has 1 saturated heterocycles. The van der Waals surface area contributed by atoms with Crippen LogP contribution in [0.4, 0.5) is 0 Å². The van der Waals surface area contributed by atoms with Gasteiger partial charge in [0.25, 0.3) is 0 Å². The van der Waals surface area contributed by atoms with Gasteiger partial charge in [-0.3, -0.25) is 33.9 Å². The highest BCUT2D eigenvalue weighted by Gasteiger charge is 2.23. The standard InChI is InChI=1S/C26H36N9O5P/c36-26(37)19-33-9-7-31-11-13-34(20-41(38,39)40)14-12-32(8-10-33)17-22-5-2-6-24(29-22)25-15-27-30-35(25)18-23-4-1-3-21(16-31)28-23/h1-6,15H,7-14,16-20H2,(H,36,37)(H2,38,39,40). The number of hydrogen-bond donors (Lipinski definition) is 3. The van der Waals surface area contributed by atoms with Crippen molar-refractivity contribution in [1.82, 2.24) is 44.6 Å². The lowest BCUT2D eigenvalue weighted by molar-refractivity contribution is -0.138. The largest absolute Gasteiger partial charge is 0.480 e. The van der Waals surface area contributed by atoms with Gasteiger partial charge in [-0.15, -0.1) is 5.10 Å². The van der Waals surface area contributed by atoms with Gasteiger partial charge in [-0.1, -0.05) is 17.3 Å². The van der Waals surface area contributed by atoms with Crippen molar-refractivity contribution < 1.29 is 24.3 Å². The summed E-state index contributed by atoms with van der Waals surface area (Å²) in [6.07, 6.45) is 1.37. The summed E-state index contributed by atoms with van der Waals surface area (Å²) in [4.78, 5) is 49.1. The van der Waals surface area contributed by atoms with Crippen LogP contribution in [0.15, 0.2) is 42.6 Å². The van der Waals surface area contributed by atoms with Crippen molar-refractivity contribution in [3.05, 3.63) is 59.7 Å². The molecule has 14 nitrogen and oxygen atoms in total. The molecule has 3 aromatic rings. The van der Waals surface area contributed by atoms with E-state index in [-0.39, 0.29) is 12.8 Å². The molecule has 3 aliphatic heterocycles. The van der Waals surface area contributed by atoms with Crippen molar-refractivity contribution >= 4 is 13.6 Å². The van der Waals surface area contributed by atoms with Gasteiger partial charge in [0.05, 0.1) is 42.1 Å². The molecule has 0 radical (unpaired) electrons. The molecule has 3 aliphatic rings. The smallest absolute Gasteiger partial charge is 0.339 e. The van der Waals surface area contributed by atoms with Crippen LogP contribution in [0.2, 0.25) is 0 Å².